The molecule has 3 unspecified atom stereocenters. The predicted molar refractivity (Wildman–Crippen MR) is 344 cm³/mol. The van der Waals surface area contributed by atoms with Gasteiger partial charge in [-0.15, -0.1) is 0 Å². The van der Waals surface area contributed by atoms with E-state index in [1.165, 1.54) is 50.3 Å². The Hall–Kier alpha value is -8.92. The summed E-state index contributed by atoms with van der Waals surface area (Å²) in [4.78, 5) is 65.6. The third kappa shape index (κ3) is 25.0. The number of para-hydroxylation sites is 1. The molecule has 89 heavy (non-hydrogen) atoms. The average molecular weight is 1220 g/mol. The van der Waals surface area contributed by atoms with Crippen molar-refractivity contribution in [1.82, 2.24) is 0 Å². The Balaban J connectivity index is 0.000000231. The molecule has 5 aromatic rings. The first-order chi connectivity index (χ1) is 42.9. The van der Waals surface area contributed by atoms with Gasteiger partial charge in [0.25, 0.3) is 0 Å². The number of hydrogen-bond donors (Lipinski definition) is 0. The maximum absolute atomic E-state index is 11.3. The summed E-state index contributed by atoms with van der Waals surface area (Å²) in [6, 6.07) is 44.3. The lowest BCUT2D eigenvalue weighted by molar-refractivity contribution is -0.185. The lowest BCUT2D eigenvalue weighted by Gasteiger charge is -2.38. The van der Waals surface area contributed by atoms with E-state index in [1.807, 2.05) is 146 Å². The number of fused-ring (bicyclic) bond motifs is 2. The van der Waals surface area contributed by atoms with Gasteiger partial charge in [-0.3, -0.25) is 0 Å². The lowest BCUT2D eigenvalue weighted by atomic mass is 9.70. The van der Waals surface area contributed by atoms with Crippen molar-refractivity contribution in [2.75, 3.05) is 26.6 Å². The molecule has 2 bridgehead atoms. The summed E-state index contributed by atoms with van der Waals surface area (Å²) in [5, 5.41) is 0. The molecular weight excluding hydrogens is 1130 g/mol. The minimum atomic E-state index is -0.436. The van der Waals surface area contributed by atoms with E-state index in [0.717, 1.165) is 77.5 Å². The van der Waals surface area contributed by atoms with Gasteiger partial charge in [0.1, 0.15) is 56.9 Å². The average Bonchev–Trinajstić information content (AvgIpc) is 1.64. The maximum Gasteiger partial charge on any atom is 0.330 e. The van der Waals surface area contributed by atoms with E-state index in [-0.39, 0.29) is 54.2 Å². The first-order valence-electron chi connectivity index (χ1n) is 29.9. The van der Waals surface area contributed by atoms with Crippen molar-refractivity contribution in [3.05, 3.63) is 232 Å². The van der Waals surface area contributed by atoms with Crippen molar-refractivity contribution in [3.8, 4) is 22.6 Å². The van der Waals surface area contributed by atoms with Crippen LogP contribution in [0.2, 0.25) is 0 Å². The molecule has 9 rings (SSSR count). The highest BCUT2D eigenvalue weighted by Gasteiger charge is 2.62. The largest absolute Gasteiger partial charge is 0.462 e. The van der Waals surface area contributed by atoms with Gasteiger partial charge in [-0.05, 0) is 115 Å². The fourth-order valence-electron chi connectivity index (χ4n) is 10.3. The molecule has 0 spiro atoms. The van der Waals surface area contributed by atoms with E-state index in [0.29, 0.717) is 50.3 Å². The van der Waals surface area contributed by atoms with Crippen LogP contribution in [0.25, 0.3) is 11.1 Å². The molecular formula is C74H88O15. The third-order valence-corrected chi connectivity index (χ3v) is 16.0. The van der Waals surface area contributed by atoms with Crippen LogP contribution in [-0.4, -0.2) is 74.6 Å². The van der Waals surface area contributed by atoms with Gasteiger partial charge in [-0.1, -0.05) is 189 Å². The molecule has 5 aromatic carbocycles. The Labute approximate surface area is 526 Å². The van der Waals surface area contributed by atoms with Crippen LogP contribution in [0.15, 0.2) is 215 Å². The molecule has 0 amide bonds. The van der Waals surface area contributed by atoms with Gasteiger partial charge in [0, 0.05) is 41.9 Å². The zero-order chi connectivity index (χ0) is 64.9. The summed E-state index contributed by atoms with van der Waals surface area (Å²) in [6.07, 6.45) is 17.5. The Bertz CT molecular complexity index is 3050. The number of hydrogen-bond acceptors (Lipinski definition) is 15. The van der Waals surface area contributed by atoms with Crippen LogP contribution in [0.5, 0.6) is 11.5 Å². The summed E-state index contributed by atoms with van der Waals surface area (Å²) in [5.74, 6) is 0.00201. The number of carbonyl (C=O) groups is 6. The molecule has 0 radical (unpaired) electrons. The Morgan fingerprint density at radius 1 is 0.517 bits per heavy atom. The minimum Gasteiger partial charge on any atom is -0.462 e. The van der Waals surface area contributed by atoms with Crippen molar-refractivity contribution in [2.24, 2.45) is 22.2 Å². The molecule has 4 aliphatic rings. The van der Waals surface area contributed by atoms with Gasteiger partial charge in [-0.2, -0.15) is 0 Å². The molecule has 0 aromatic heterocycles. The van der Waals surface area contributed by atoms with E-state index >= 15 is 0 Å². The topological polar surface area (TPSA) is 185 Å². The number of esters is 6. The zero-order valence-corrected chi connectivity index (χ0v) is 52.2. The normalized spacial score (nSPS) is 17.8. The van der Waals surface area contributed by atoms with Crippen LogP contribution in [0.4, 0.5) is 0 Å². The monoisotopic (exact) mass is 1220 g/mol. The van der Waals surface area contributed by atoms with Crippen molar-refractivity contribution in [2.45, 2.75) is 118 Å². The highest BCUT2D eigenvalue weighted by atomic mass is 16.7. The molecule has 4 fully saturated rings. The van der Waals surface area contributed by atoms with Gasteiger partial charge in [0.15, 0.2) is 0 Å². The molecule has 15 heteroatoms. The molecule has 3 aliphatic carbocycles. The van der Waals surface area contributed by atoms with Crippen molar-refractivity contribution < 1.29 is 71.4 Å². The maximum atomic E-state index is 11.3. The van der Waals surface area contributed by atoms with Gasteiger partial charge >= 0.3 is 35.8 Å². The molecule has 1 heterocycles. The van der Waals surface area contributed by atoms with Crippen molar-refractivity contribution in [1.29, 1.82) is 0 Å². The summed E-state index contributed by atoms with van der Waals surface area (Å²) >= 11 is 0. The first-order valence-corrected chi connectivity index (χ1v) is 29.9. The standard InChI is InChI=1S/C16H14O3.C16H14O2.C13H20O2.C10H16O4.C10H10O2.C9H14O2/c1-2-16(17)18-12-13-7-6-10-15(11-13)19-14-8-4-3-5-9-14;1-2-16(17)18-12-14-10-6-7-11-15(14)13-8-4-3-5-9-13;1-5-11(14)15-10-8-9-6-7-13(10,4)12(9,2)3;1-3-9(11)14-7-10(4-2)5-12-8-13-6-10;1-2-10(11)12-8-9-6-4-3-5-7-9;1-2-9(10)11-8-6-4-3-5-7-8/h2-11H,1,12H2;2-11H,1,12H2;5,9-10H,1,6-8H2,2-4H3;3H,1,4-8H2,2H3;2-7H,1,8H2;2,8H,1,3-7H2. The molecule has 0 N–H and O–H groups in total. The fourth-order valence-corrected chi connectivity index (χ4v) is 10.3. The van der Waals surface area contributed by atoms with Crippen molar-refractivity contribution >= 4 is 35.8 Å². The quantitative estimate of drug-likeness (QED) is 0.0407. The van der Waals surface area contributed by atoms with E-state index in [2.05, 4.69) is 60.2 Å². The van der Waals surface area contributed by atoms with Crippen molar-refractivity contribution in [3.63, 3.8) is 0 Å². The highest BCUT2D eigenvalue weighted by Crippen LogP contribution is 2.66. The van der Waals surface area contributed by atoms with E-state index in [4.69, 9.17) is 42.6 Å². The molecule has 1 saturated heterocycles. The van der Waals surface area contributed by atoms with E-state index in [9.17, 15) is 28.8 Å². The fraction of sp³-hybridized carbons (Fsp3) is 0.351. The highest BCUT2D eigenvalue weighted by molar-refractivity contribution is 5.83. The minimum absolute atomic E-state index is 0.0942. The number of benzene rings is 5. The Kier molecular flexibility index (Phi) is 31.9. The zero-order valence-electron chi connectivity index (χ0n) is 52.2. The molecule has 3 saturated carbocycles. The predicted octanol–water partition coefficient (Wildman–Crippen LogP) is 15.3. The first kappa shape index (κ1) is 72.6. The van der Waals surface area contributed by atoms with Gasteiger partial charge in [-0.25, -0.2) is 28.8 Å². The molecule has 474 valence electrons. The van der Waals surface area contributed by atoms with Crippen LogP contribution >= 0.6 is 0 Å². The molecule has 1 aliphatic heterocycles. The summed E-state index contributed by atoms with van der Waals surface area (Å²) < 4.78 is 46.5. The summed E-state index contributed by atoms with van der Waals surface area (Å²) in [6.45, 7) is 31.7. The van der Waals surface area contributed by atoms with Crippen LogP contribution in [-0.2, 0) is 86.5 Å². The Morgan fingerprint density at radius 3 is 1.54 bits per heavy atom. The van der Waals surface area contributed by atoms with E-state index < -0.39 is 17.9 Å². The smallest absolute Gasteiger partial charge is 0.330 e. The van der Waals surface area contributed by atoms with Crippen LogP contribution in [0.1, 0.15) is 102 Å². The second kappa shape index (κ2) is 39.1. The molecule has 15 nitrogen and oxygen atoms in total. The van der Waals surface area contributed by atoms with Crippen LogP contribution in [0, 0.1) is 22.2 Å². The third-order valence-electron chi connectivity index (χ3n) is 16.0. The number of ether oxygens (including phenoxy) is 9. The van der Waals surface area contributed by atoms with E-state index in [1.54, 1.807) is 0 Å². The SMILES string of the molecule is C=CC(=O)OC1CC2CCC1(C)C2(C)C.C=CC(=O)OC1CCCCC1.C=CC(=O)OCC1(CC)COCOC1.C=CC(=O)OCc1cccc(Oc2ccccc2)c1.C=CC(=O)OCc1ccccc1.C=CC(=O)OCc1ccccc1-c1ccccc1. The Morgan fingerprint density at radius 2 is 1.00 bits per heavy atom. The van der Waals surface area contributed by atoms with Crippen LogP contribution in [0.3, 0.4) is 0 Å². The van der Waals surface area contributed by atoms with Gasteiger partial charge < -0.3 is 42.6 Å². The summed E-state index contributed by atoms with van der Waals surface area (Å²) in [5.41, 5.74) is 5.31. The van der Waals surface area contributed by atoms with Gasteiger partial charge in [0.05, 0.1) is 18.6 Å². The second-order valence-corrected chi connectivity index (χ2v) is 22.1. The molecule has 3 atom stereocenters. The number of rotatable bonds is 20. The van der Waals surface area contributed by atoms with Crippen LogP contribution < -0.4 is 4.74 Å². The van der Waals surface area contributed by atoms with Gasteiger partial charge in [0.2, 0.25) is 0 Å². The second-order valence-electron chi connectivity index (χ2n) is 22.1. The lowest BCUT2D eigenvalue weighted by Crippen LogP contribution is -2.41. The number of carbonyl (C=O) groups excluding carboxylic acids is 6. The summed E-state index contributed by atoms with van der Waals surface area (Å²) in [7, 11) is 0.